The van der Waals surface area contributed by atoms with Gasteiger partial charge < -0.3 is 4.74 Å². The largest absolute Gasteiger partial charge is 0.458 e. The summed E-state index contributed by atoms with van der Waals surface area (Å²) in [6.07, 6.45) is 3.81. The first-order valence-corrected chi connectivity index (χ1v) is 3.81. The summed E-state index contributed by atoms with van der Waals surface area (Å²) in [6, 6.07) is 0. The van der Waals surface area contributed by atoms with Crippen molar-refractivity contribution in [2.24, 2.45) is 0 Å². The van der Waals surface area contributed by atoms with Gasteiger partial charge in [-0.1, -0.05) is 11.6 Å². The first-order chi connectivity index (χ1) is 5.27. The van der Waals surface area contributed by atoms with Gasteiger partial charge in [-0.15, -0.1) is 0 Å². The van der Waals surface area contributed by atoms with E-state index in [1.165, 1.54) is 11.1 Å². The van der Waals surface area contributed by atoms with E-state index in [0.717, 1.165) is 18.4 Å². The van der Waals surface area contributed by atoms with Gasteiger partial charge in [-0.25, -0.2) is 4.79 Å². The Labute approximate surface area is 65.5 Å². The lowest BCUT2D eigenvalue weighted by molar-refractivity contribution is -0.136. The molecule has 11 heavy (non-hydrogen) atoms. The molecule has 2 heteroatoms. The molecule has 1 aliphatic heterocycles. The molecule has 0 aromatic heterocycles. The second kappa shape index (κ2) is 2.22. The molecule has 2 nitrogen and oxygen atoms in total. The molecule has 0 aromatic carbocycles. The molecule has 1 aliphatic carbocycles. The number of esters is 1. The van der Waals surface area contributed by atoms with Crippen LogP contribution in [0.2, 0.25) is 0 Å². The number of rotatable bonds is 0. The standard InChI is InChI=1S/C9H10O2/c1-6-2-3-8-7(4-6)5-11-9(8)10/h2H,3-5H2,1H3. The summed E-state index contributed by atoms with van der Waals surface area (Å²) in [6.45, 7) is 2.62. The van der Waals surface area contributed by atoms with Crippen molar-refractivity contribution in [2.75, 3.05) is 6.61 Å². The smallest absolute Gasteiger partial charge is 0.334 e. The molecule has 0 saturated carbocycles. The highest BCUT2D eigenvalue weighted by Gasteiger charge is 2.25. The molecule has 0 unspecified atom stereocenters. The van der Waals surface area contributed by atoms with Crippen LogP contribution in [0.4, 0.5) is 0 Å². The molecule has 1 heterocycles. The van der Waals surface area contributed by atoms with Gasteiger partial charge in [0.15, 0.2) is 0 Å². The Balaban J connectivity index is 2.27. The van der Waals surface area contributed by atoms with E-state index in [-0.39, 0.29) is 5.97 Å². The number of carbonyl (C=O) groups excluding carboxylic acids is 1. The van der Waals surface area contributed by atoms with E-state index in [9.17, 15) is 4.79 Å². The minimum absolute atomic E-state index is 0.108. The van der Waals surface area contributed by atoms with Gasteiger partial charge in [0.2, 0.25) is 0 Å². The molecule has 0 radical (unpaired) electrons. The highest BCUT2D eigenvalue weighted by atomic mass is 16.5. The van der Waals surface area contributed by atoms with E-state index in [1.807, 2.05) is 0 Å². The molecule has 0 saturated heterocycles. The molecule has 58 valence electrons. The minimum atomic E-state index is -0.108. The third-order valence-electron chi connectivity index (χ3n) is 2.20. The first kappa shape index (κ1) is 6.65. The first-order valence-electron chi connectivity index (χ1n) is 3.81. The van der Waals surface area contributed by atoms with Gasteiger partial charge in [-0.05, 0) is 25.3 Å². The lowest BCUT2D eigenvalue weighted by Gasteiger charge is -2.08. The predicted molar refractivity (Wildman–Crippen MR) is 41.0 cm³/mol. The van der Waals surface area contributed by atoms with Crippen LogP contribution in [0.3, 0.4) is 0 Å². The van der Waals surface area contributed by atoms with Crippen molar-refractivity contribution in [2.45, 2.75) is 19.8 Å². The summed E-state index contributed by atoms with van der Waals surface area (Å²) in [5.41, 5.74) is 3.44. The fraction of sp³-hybridized carbons (Fsp3) is 0.444. The number of hydrogen-bond donors (Lipinski definition) is 0. The molecular formula is C9H10O2. The van der Waals surface area contributed by atoms with Crippen LogP contribution >= 0.6 is 0 Å². The summed E-state index contributed by atoms with van der Waals surface area (Å²) in [4.78, 5) is 11.0. The normalized spacial score (nSPS) is 23.0. The van der Waals surface area contributed by atoms with E-state index in [0.29, 0.717) is 6.61 Å². The molecule has 0 atom stereocenters. The number of allylic oxidation sites excluding steroid dienone is 2. The highest BCUT2D eigenvalue weighted by Crippen LogP contribution is 2.29. The van der Waals surface area contributed by atoms with Crippen LogP contribution in [0.25, 0.3) is 0 Å². The number of hydrogen-bond acceptors (Lipinski definition) is 2. The Morgan fingerprint density at radius 3 is 3.18 bits per heavy atom. The fourth-order valence-corrected chi connectivity index (χ4v) is 1.54. The lowest BCUT2D eigenvalue weighted by atomic mass is 9.94. The molecular weight excluding hydrogens is 140 g/mol. The third-order valence-corrected chi connectivity index (χ3v) is 2.20. The van der Waals surface area contributed by atoms with Gasteiger partial charge in [0.25, 0.3) is 0 Å². The Morgan fingerprint density at radius 2 is 2.36 bits per heavy atom. The van der Waals surface area contributed by atoms with E-state index >= 15 is 0 Å². The highest BCUT2D eigenvalue weighted by molar-refractivity contribution is 5.92. The van der Waals surface area contributed by atoms with Crippen molar-refractivity contribution in [1.82, 2.24) is 0 Å². The molecule has 0 aromatic rings. The molecule has 0 fully saturated rings. The Morgan fingerprint density at radius 1 is 1.55 bits per heavy atom. The van der Waals surface area contributed by atoms with E-state index in [2.05, 4.69) is 13.0 Å². The summed E-state index contributed by atoms with van der Waals surface area (Å²) in [5.74, 6) is -0.108. The fourth-order valence-electron chi connectivity index (χ4n) is 1.54. The van der Waals surface area contributed by atoms with Gasteiger partial charge in [0.05, 0.1) is 0 Å². The average molecular weight is 150 g/mol. The second-order valence-electron chi connectivity index (χ2n) is 3.09. The molecule has 0 N–H and O–H groups in total. The third kappa shape index (κ3) is 0.985. The zero-order chi connectivity index (χ0) is 7.84. The lowest BCUT2D eigenvalue weighted by Crippen LogP contribution is -2.00. The van der Waals surface area contributed by atoms with E-state index < -0.39 is 0 Å². The van der Waals surface area contributed by atoms with Crippen LogP contribution in [-0.4, -0.2) is 12.6 Å². The van der Waals surface area contributed by atoms with Gasteiger partial charge in [-0.3, -0.25) is 0 Å². The maximum atomic E-state index is 11.0. The van der Waals surface area contributed by atoms with Crippen LogP contribution in [0, 0.1) is 0 Å². The van der Waals surface area contributed by atoms with E-state index in [1.54, 1.807) is 0 Å². The van der Waals surface area contributed by atoms with Crippen molar-refractivity contribution >= 4 is 5.97 Å². The molecule has 2 aliphatic rings. The Kier molecular flexibility index (Phi) is 1.34. The summed E-state index contributed by atoms with van der Waals surface area (Å²) in [7, 11) is 0. The van der Waals surface area contributed by atoms with Crippen LogP contribution < -0.4 is 0 Å². The number of ether oxygens (including phenoxy) is 1. The van der Waals surface area contributed by atoms with Crippen LogP contribution in [0.1, 0.15) is 19.8 Å². The summed E-state index contributed by atoms with van der Waals surface area (Å²) in [5, 5.41) is 0. The Hall–Kier alpha value is -1.05. The molecule has 0 bridgehead atoms. The maximum Gasteiger partial charge on any atom is 0.334 e. The topological polar surface area (TPSA) is 26.3 Å². The SMILES string of the molecule is CC1=CCC2=C(COC2=O)C1. The maximum absolute atomic E-state index is 11.0. The zero-order valence-corrected chi connectivity index (χ0v) is 6.52. The quantitative estimate of drug-likeness (QED) is 0.387. The summed E-state index contributed by atoms with van der Waals surface area (Å²) >= 11 is 0. The van der Waals surface area contributed by atoms with E-state index in [4.69, 9.17) is 4.74 Å². The number of cyclic esters (lactones) is 1. The monoisotopic (exact) mass is 150 g/mol. The summed E-state index contributed by atoms with van der Waals surface area (Å²) < 4.78 is 4.90. The van der Waals surface area contributed by atoms with Crippen LogP contribution in [-0.2, 0) is 9.53 Å². The van der Waals surface area contributed by atoms with Crippen LogP contribution in [0.15, 0.2) is 22.8 Å². The zero-order valence-electron chi connectivity index (χ0n) is 6.52. The minimum Gasteiger partial charge on any atom is -0.458 e. The van der Waals surface area contributed by atoms with Gasteiger partial charge in [0, 0.05) is 5.57 Å². The Bertz CT molecular complexity index is 271. The second-order valence-corrected chi connectivity index (χ2v) is 3.09. The van der Waals surface area contributed by atoms with Crippen LogP contribution in [0.5, 0.6) is 0 Å². The average Bonchev–Trinajstić information content (AvgIpc) is 2.32. The van der Waals surface area contributed by atoms with Crippen molar-refractivity contribution in [1.29, 1.82) is 0 Å². The van der Waals surface area contributed by atoms with Gasteiger partial charge in [0.1, 0.15) is 6.61 Å². The van der Waals surface area contributed by atoms with Gasteiger partial charge >= 0.3 is 5.97 Å². The van der Waals surface area contributed by atoms with Crippen molar-refractivity contribution in [3.8, 4) is 0 Å². The predicted octanol–water partition coefficient (Wildman–Crippen LogP) is 1.58. The van der Waals surface area contributed by atoms with Crippen molar-refractivity contribution in [3.63, 3.8) is 0 Å². The molecule has 0 spiro atoms. The molecule has 0 amide bonds. The molecule has 2 rings (SSSR count). The van der Waals surface area contributed by atoms with Crippen molar-refractivity contribution < 1.29 is 9.53 Å². The van der Waals surface area contributed by atoms with Gasteiger partial charge in [-0.2, -0.15) is 0 Å². The number of carbonyl (C=O) groups is 1. The van der Waals surface area contributed by atoms with Crippen molar-refractivity contribution in [3.05, 3.63) is 22.8 Å².